The van der Waals surface area contributed by atoms with Gasteiger partial charge in [-0.15, -0.1) is 0 Å². The smallest absolute Gasteiger partial charge is 0.338 e. The number of nitro benzene ring substituents is 1. The van der Waals surface area contributed by atoms with Crippen LogP contribution in [0.15, 0.2) is 36.4 Å². The van der Waals surface area contributed by atoms with Crippen LogP contribution in [0.4, 0.5) is 11.4 Å². The van der Waals surface area contributed by atoms with Crippen molar-refractivity contribution >= 4 is 58.1 Å². The maximum Gasteiger partial charge on any atom is 0.338 e. The predicted molar refractivity (Wildman–Crippen MR) is 93.5 cm³/mol. The van der Waals surface area contributed by atoms with E-state index in [0.717, 1.165) is 6.07 Å². The number of anilines is 1. The van der Waals surface area contributed by atoms with Crippen LogP contribution in [0.3, 0.4) is 0 Å². The molecule has 130 valence electrons. The van der Waals surface area contributed by atoms with Crippen molar-refractivity contribution in [3.63, 3.8) is 0 Å². The minimum absolute atomic E-state index is 0.0611. The van der Waals surface area contributed by atoms with Crippen molar-refractivity contribution in [2.45, 2.75) is 0 Å². The summed E-state index contributed by atoms with van der Waals surface area (Å²) < 4.78 is 4.85. The largest absolute Gasteiger partial charge is 0.452 e. The number of hydrogen-bond acceptors (Lipinski definition) is 5. The minimum atomic E-state index is -0.768. The molecule has 0 aliphatic heterocycles. The quantitative estimate of drug-likeness (QED) is 0.454. The number of benzene rings is 2. The lowest BCUT2D eigenvalue weighted by atomic mass is 10.2. The number of nitrogens with zero attached hydrogens (tertiary/aromatic N) is 1. The molecule has 0 aliphatic carbocycles. The Labute approximate surface area is 156 Å². The van der Waals surface area contributed by atoms with E-state index in [2.05, 4.69) is 5.32 Å². The number of carbonyl (C=O) groups excluding carboxylic acids is 2. The van der Waals surface area contributed by atoms with Gasteiger partial charge in [0.2, 0.25) is 0 Å². The van der Waals surface area contributed by atoms with E-state index < -0.39 is 23.4 Å². The summed E-state index contributed by atoms with van der Waals surface area (Å²) >= 11 is 17.2. The molecule has 0 aromatic heterocycles. The molecule has 1 N–H and O–H groups in total. The van der Waals surface area contributed by atoms with Crippen molar-refractivity contribution in [3.05, 3.63) is 67.1 Å². The molecule has 1 amide bonds. The fourth-order valence-electron chi connectivity index (χ4n) is 1.76. The number of ether oxygens (including phenoxy) is 1. The Bertz CT molecular complexity index is 857. The van der Waals surface area contributed by atoms with Crippen molar-refractivity contribution in [3.8, 4) is 0 Å². The molecule has 0 fully saturated rings. The molecule has 0 unspecified atom stereocenters. The van der Waals surface area contributed by atoms with Crippen molar-refractivity contribution < 1.29 is 19.2 Å². The van der Waals surface area contributed by atoms with Crippen molar-refractivity contribution in [1.29, 1.82) is 0 Å². The Morgan fingerprint density at radius 3 is 2.36 bits per heavy atom. The molecular formula is C15H9Cl3N2O5. The highest BCUT2D eigenvalue weighted by molar-refractivity contribution is 6.42. The first-order valence-corrected chi connectivity index (χ1v) is 7.77. The zero-order valence-corrected chi connectivity index (χ0v) is 14.6. The highest BCUT2D eigenvalue weighted by Crippen LogP contribution is 2.27. The van der Waals surface area contributed by atoms with E-state index in [-0.39, 0.29) is 32.0 Å². The van der Waals surface area contributed by atoms with Crippen LogP contribution < -0.4 is 5.32 Å². The van der Waals surface area contributed by atoms with Gasteiger partial charge in [0.05, 0.1) is 20.5 Å². The summed E-state index contributed by atoms with van der Waals surface area (Å²) in [5, 5.41) is 13.6. The average molecular weight is 404 g/mol. The van der Waals surface area contributed by atoms with Gasteiger partial charge in [0.1, 0.15) is 5.02 Å². The summed E-state index contributed by atoms with van der Waals surface area (Å²) in [4.78, 5) is 33.8. The van der Waals surface area contributed by atoms with Crippen LogP contribution in [0.25, 0.3) is 0 Å². The molecular weight excluding hydrogens is 395 g/mol. The van der Waals surface area contributed by atoms with Gasteiger partial charge in [-0.05, 0) is 30.3 Å². The third-order valence-electron chi connectivity index (χ3n) is 2.92. The van der Waals surface area contributed by atoms with E-state index in [1.54, 1.807) is 0 Å². The third-order valence-corrected chi connectivity index (χ3v) is 3.97. The second-order valence-corrected chi connectivity index (χ2v) is 5.90. The molecule has 2 aromatic carbocycles. The van der Waals surface area contributed by atoms with E-state index >= 15 is 0 Å². The monoisotopic (exact) mass is 402 g/mol. The fraction of sp³-hybridized carbons (Fsp3) is 0.0667. The molecule has 0 radical (unpaired) electrons. The Kier molecular flexibility index (Phi) is 6.19. The van der Waals surface area contributed by atoms with E-state index in [4.69, 9.17) is 39.5 Å². The van der Waals surface area contributed by atoms with Crippen LogP contribution in [0.1, 0.15) is 10.4 Å². The van der Waals surface area contributed by atoms with Crippen LogP contribution in [-0.4, -0.2) is 23.4 Å². The van der Waals surface area contributed by atoms with E-state index in [0.29, 0.717) is 0 Å². The number of rotatable bonds is 5. The number of halogens is 3. The molecule has 2 rings (SSSR count). The van der Waals surface area contributed by atoms with Crippen LogP contribution in [-0.2, 0) is 9.53 Å². The van der Waals surface area contributed by atoms with Crippen LogP contribution >= 0.6 is 34.8 Å². The molecule has 0 aliphatic rings. The lowest BCUT2D eigenvalue weighted by Gasteiger charge is -2.07. The first-order valence-electron chi connectivity index (χ1n) is 6.64. The Balaban J connectivity index is 1.96. The number of hydrogen-bond donors (Lipinski definition) is 1. The van der Waals surface area contributed by atoms with Crippen LogP contribution in [0.5, 0.6) is 0 Å². The molecule has 0 saturated carbocycles. The van der Waals surface area contributed by atoms with Gasteiger partial charge in [-0.3, -0.25) is 14.9 Å². The number of nitrogens with one attached hydrogen (secondary N) is 1. The molecule has 0 bridgehead atoms. The number of carbonyl (C=O) groups is 2. The molecule has 0 atom stereocenters. The second-order valence-electron chi connectivity index (χ2n) is 4.68. The highest BCUT2D eigenvalue weighted by Gasteiger charge is 2.15. The zero-order valence-electron chi connectivity index (χ0n) is 12.3. The van der Waals surface area contributed by atoms with Gasteiger partial charge in [0, 0.05) is 11.8 Å². The average Bonchev–Trinajstić information content (AvgIpc) is 2.56. The maximum atomic E-state index is 11.8. The van der Waals surface area contributed by atoms with Gasteiger partial charge >= 0.3 is 5.97 Å². The second kappa shape index (κ2) is 8.15. The first kappa shape index (κ1) is 19.0. The van der Waals surface area contributed by atoms with Gasteiger partial charge in [0.25, 0.3) is 11.6 Å². The molecule has 2 aromatic rings. The van der Waals surface area contributed by atoms with Crippen molar-refractivity contribution in [2.24, 2.45) is 0 Å². The minimum Gasteiger partial charge on any atom is -0.452 e. The number of nitro groups is 1. The standard InChI is InChI=1S/C15H9Cl3N2O5/c16-10-3-1-8(5-12(10)18)15(22)25-7-14(21)19-9-2-4-11(17)13(6-9)20(23)24/h1-6H,7H2,(H,19,21). The molecule has 0 spiro atoms. The summed E-state index contributed by atoms with van der Waals surface area (Å²) in [7, 11) is 0. The predicted octanol–water partition coefficient (Wildman–Crippen LogP) is 4.35. The fourth-order valence-corrected chi connectivity index (χ4v) is 2.25. The summed E-state index contributed by atoms with van der Waals surface area (Å²) in [5.74, 6) is -1.44. The van der Waals surface area contributed by atoms with Gasteiger partial charge in [-0.2, -0.15) is 0 Å². The van der Waals surface area contributed by atoms with E-state index in [9.17, 15) is 19.7 Å². The summed E-state index contributed by atoms with van der Waals surface area (Å²) in [6.07, 6.45) is 0. The number of esters is 1. The maximum absolute atomic E-state index is 11.8. The van der Waals surface area contributed by atoms with Crippen molar-refractivity contribution in [2.75, 3.05) is 11.9 Å². The lowest BCUT2D eigenvalue weighted by molar-refractivity contribution is -0.384. The third kappa shape index (κ3) is 5.06. The molecule has 10 heteroatoms. The summed E-state index contributed by atoms with van der Waals surface area (Å²) in [6, 6.07) is 7.89. The SMILES string of the molecule is O=C(COC(=O)c1ccc(Cl)c(Cl)c1)Nc1ccc(Cl)c([N+](=O)[O-])c1. The van der Waals surface area contributed by atoms with E-state index in [1.165, 1.54) is 30.3 Å². The highest BCUT2D eigenvalue weighted by atomic mass is 35.5. The zero-order chi connectivity index (χ0) is 18.6. The van der Waals surface area contributed by atoms with E-state index in [1.807, 2.05) is 0 Å². The Morgan fingerprint density at radius 2 is 1.72 bits per heavy atom. The summed E-state index contributed by atoms with van der Waals surface area (Å²) in [6.45, 7) is -0.588. The van der Waals surface area contributed by atoms with Gasteiger partial charge in [0.15, 0.2) is 6.61 Å². The summed E-state index contributed by atoms with van der Waals surface area (Å²) in [5.41, 5.74) is -0.0803. The van der Waals surface area contributed by atoms with Crippen LogP contribution in [0, 0.1) is 10.1 Å². The van der Waals surface area contributed by atoms with Crippen molar-refractivity contribution in [1.82, 2.24) is 0 Å². The lowest BCUT2D eigenvalue weighted by Crippen LogP contribution is -2.21. The Morgan fingerprint density at radius 1 is 1.04 bits per heavy atom. The van der Waals surface area contributed by atoms with Crippen LogP contribution in [0.2, 0.25) is 15.1 Å². The van der Waals surface area contributed by atoms with Gasteiger partial charge < -0.3 is 10.1 Å². The topological polar surface area (TPSA) is 98.5 Å². The number of amides is 1. The Hall–Kier alpha value is -2.35. The first-order chi connectivity index (χ1) is 11.8. The van der Waals surface area contributed by atoms with Gasteiger partial charge in [-0.1, -0.05) is 34.8 Å². The normalized spacial score (nSPS) is 10.2. The molecule has 0 saturated heterocycles. The van der Waals surface area contributed by atoms with Gasteiger partial charge in [-0.25, -0.2) is 4.79 Å². The molecule has 25 heavy (non-hydrogen) atoms. The molecule has 0 heterocycles. The molecule has 7 nitrogen and oxygen atoms in total.